The third kappa shape index (κ3) is 4.30. The molecule has 0 spiro atoms. The number of carbonyl (C=O) groups excluding carboxylic acids is 1. The topological polar surface area (TPSA) is 71.8 Å². The molecule has 0 saturated carbocycles. The fraction of sp³-hybridized carbons (Fsp3) is 0.211. The van der Waals surface area contributed by atoms with Crippen LogP contribution in [-0.4, -0.2) is 20.8 Å². The largest absolute Gasteiger partial charge is 0.418 e. The summed E-state index contributed by atoms with van der Waals surface area (Å²) in [5.41, 5.74) is 0.847. The van der Waals surface area contributed by atoms with Gasteiger partial charge < -0.3 is 10.6 Å². The molecule has 2 amide bonds. The van der Waals surface area contributed by atoms with E-state index in [1.807, 2.05) is 31.2 Å². The van der Waals surface area contributed by atoms with E-state index in [-0.39, 0.29) is 17.4 Å². The van der Waals surface area contributed by atoms with E-state index in [0.29, 0.717) is 0 Å². The van der Waals surface area contributed by atoms with Crippen LogP contribution in [0.15, 0.2) is 55.1 Å². The molecular formula is C19H18F3N5O. The molecule has 2 aromatic carbocycles. The van der Waals surface area contributed by atoms with Crippen LogP contribution in [0.4, 0.5) is 23.7 Å². The summed E-state index contributed by atoms with van der Waals surface area (Å²) >= 11 is 0. The van der Waals surface area contributed by atoms with Gasteiger partial charge in [-0.05, 0) is 43.2 Å². The SMILES string of the molecule is Cc1ccccc1[C@H](C)NC(=O)Nc1ccc(-n2cncn2)c(C(F)(F)F)c1. The lowest BCUT2D eigenvalue weighted by molar-refractivity contribution is -0.137. The number of benzene rings is 2. The molecule has 0 fully saturated rings. The number of alkyl halides is 3. The Bertz CT molecular complexity index is 970. The van der Waals surface area contributed by atoms with Crippen LogP contribution in [0.1, 0.15) is 29.7 Å². The van der Waals surface area contributed by atoms with Crippen molar-refractivity contribution in [1.82, 2.24) is 20.1 Å². The highest BCUT2D eigenvalue weighted by molar-refractivity contribution is 5.89. The van der Waals surface area contributed by atoms with Gasteiger partial charge in [0.2, 0.25) is 0 Å². The van der Waals surface area contributed by atoms with E-state index in [4.69, 9.17) is 0 Å². The van der Waals surface area contributed by atoms with Crippen molar-refractivity contribution in [3.63, 3.8) is 0 Å². The van der Waals surface area contributed by atoms with E-state index >= 15 is 0 Å². The van der Waals surface area contributed by atoms with Gasteiger partial charge in [-0.3, -0.25) is 0 Å². The Kier molecular flexibility index (Phi) is 5.34. The zero-order valence-corrected chi connectivity index (χ0v) is 15.2. The maximum absolute atomic E-state index is 13.4. The fourth-order valence-corrected chi connectivity index (χ4v) is 2.89. The normalized spacial score (nSPS) is 12.5. The van der Waals surface area contributed by atoms with Crippen molar-refractivity contribution in [1.29, 1.82) is 0 Å². The highest BCUT2D eigenvalue weighted by Crippen LogP contribution is 2.35. The van der Waals surface area contributed by atoms with Crippen molar-refractivity contribution in [2.45, 2.75) is 26.1 Å². The Morgan fingerprint density at radius 2 is 1.93 bits per heavy atom. The first-order chi connectivity index (χ1) is 13.3. The lowest BCUT2D eigenvalue weighted by Gasteiger charge is -2.18. The molecule has 0 aliphatic heterocycles. The molecule has 9 heteroatoms. The van der Waals surface area contributed by atoms with Crippen molar-refractivity contribution in [3.05, 3.63) is 71.8 Å². The van der Waals surface area contributed by atoms with Crippen molar-refractivity contribution in [2.24, 2.45) is 0 Å². The highest BCUT2D eigenvalue weighted by atomic mass is 19.4. The Labute approximate surface area is 159 Å². The molecule has 1 atom stereocenters. The van der Waals surface area contributed by atoms with E-state index in [2.05, 4.69) is 20.7 Å². The summed E-state index contributed by atoms with van der Waals surface area (Å²) in [7, 11) is 0. The number of hydrogen-bond donors (Lipinski definition) is 2. The number of hydrogen-bond acceptors (Lipinski definition) is 3. The summed E-state index contributed by atoms with van der Waals surface area (Å²) in [6.07, 6.45) is -2.30. The standard InChI is InChI=1S/C19H18F3N5O/c1-12-5-3-4-6-15(12)13(2)25-18(28)26-14-7-8-17(27-11-23-10-24-27)16(9-14)19(20,21)22/h3-11,13H,1-2H3,(H2,25,26,28)/t13-/m0/s1. The number of nitrogens with zero attached hydrogens (tertiary/aromatic N) is 3. The van der Waals surface area contributed by atoms with Crippen molar-refractivity contribution in [3.8, 4) is 5.69 Å². The Morgan fingerprint density at radius 1 is 1.18 bits per heavy atom. The van der Waals surface area contributed by atoms with E-state index in [1.165, 1.54) is 18.5 Å². The quantitative estimate of drug-likeness (QED) is 0.691. The van der Waals surface area contributed by atoms with Gasteiger partial charge in [0, 0.05) is 5.69 Å². The van der Waals surface area contributed by atoms with Crippen molar-refractivity contribution in [2.75, 3.05) is 5.32 Å². The lowest BCUT2D eigenvalue weighted by atomic mass is 10.0. The molecular weight excluding hydrogens is 371 g/mol. The highest BCUT2D eigenvalue weighted by Gasteiger charge is 2.34. The van der Waals surface area contributed by atoms with Crippen molar-refractivity contribution < 1.29 is 18.0 Å². The molecule has 1 heterocycles. The number of rotatable bonds is 4. The summed E-state index contributed by atoms with van der Waals surface area (Å²) in [6, 6.07) is 10.1. The maximum atomic E-state index is 13.4. The Morgan fingerprint density at radius 3 is 2.57 bits per heavy atom. The molecule has 28 heavy (non-hydrogen) atoms. The molecule has 0 aliphatic carbocycles. The van der Waals surface area contributed by atoms with Gasteiger partial charge in [0.25, 0.3) is 0 Å². The molecule has 6 nitrogen and oxygen atoms in total. The molecule has 0 unspecified atom stereocenters. The minimum absolute atomic E-state index is 0.0191. The number of halogens is 3. The van der Waals surface area contributed by atoms with Gasteiger partial charge in [0.1, 0.15) is 12.7 Å². The minimum Gasteiger partial charge on any atom is -0.331 e. The first-order valence-electron chi connectivity index (χ1n) is 8.45. The first-order valence-corrected chi connectivity index (χ1v) is 8.45. The second kappa shape index (κ2) is 7.71. The molecule has 3 aromatic rings. The number of aryl methyl sites for hydroxylation is 1. The summed E-state index contributed by atoms with van der Waals surface area (Å²) in [4.78, 5) is 15.9. The van der Waals surface area contributed by atoms with E-state index in [9.17, 15) is 18.0 Å². The summed E-state index contributed by atoms with van der Waals surface area (Å²) in [5, 5.41) is 8.92. The van der Waals surface area contributed by atoms with E-state index in [1.54, 1.807) is 6.92 Å². The average molecular weight is 389 g/mol. The summed E-state index contributed by atoms with van der Waals surface area (Å²) < 4.78 is 41.4. The molecule has 0 saturated heterocycles. The number of urea groups is 1. The second-order valence-electron chi connectivity index (χ2n) is 6.25. The fourth-order valence-electron chi connectivity index (χ4n) is 2.89. The van der Waals surface area contributed by atoms with Crippen LogP contribution in [0, 0.1) is 6.92 Å². The van der Waals surface area contributed by atoms with Crippen LogP contribution >= 0.6 is 0 Å². The zero-order valence-electron chi connectivity index (χ0n) is 15.2. The molecule has 0 bridgehead atoms. The van der Waals surface area contributed by atoms with Gasteiger partial charge in [-0.1, -0.05) is 24.3 Å². The van der Waals surface area contributed by atoms with E-state index in [0.717, 1.165) is 28.2 Å². The van der Waals surface area contributed by atoms with Crippen LogP contribution in [0.25, 0.3) is 5.69 Å². The Balaban J connectivity index is 1.79. The molecule has 0 radical (unpaired) electrons. The van der Waals surface area contributed by atoms with Gasteiger partial charge in [0.15, 0.2) is 0 Å². The summed E-state index contributed by atoms with van der Waals surface area (Å²) in [6.45, 7) is 3.72. The molecule has 2 N–H and O–H groups in total. The first kappa shape index (κ1) is 19.4. The van der Waals surface area contributed by atoms with Crippen LogP contribution in [0.2, 0.25) is 0 Å². The molecule has 1 aromatic heterocycles. The van der Waals surface area contributed by atoms with Crippen LogP contribution in [0.3, 0.4) is 0 Å². The van der Waals surface area contributed by atoms with Crippen LogP contribution < -0.4 is 10.6 Å². The number of amides is 2. The third-order valence-corrected chi connectivity index (χ3v) is 4.23. The van der Waals surface area contributed by atoms with Gasteiger partial charge in [-0.15, -0.1) is 0 Å². The van der Waals surface area contributed by atoms with Crippen LogP contribution in [0.5, 0.6) is 0 Å². The molecule has 0 aliphatic rings. The van der Waals surface area contributed by atoms with Gasteiger partial charge in [-0.25, -0.2) is 14.5 Å². The predicted octanol–water partition coefficient (Wildman–Crippen LogP) is 4.48. The van der Waals surface area contributed by atoms with Crippen LogP contribution in [-0.2, 0) is 6.18 Å². The van der Waals surface area contributed by atoms with Gasteiger partial charge >= 0.3 is 12.2 Å². The van der Waals surface area contributed by atoms with Gasteiger partial charge in [0.05, 0.1) is 17.3 Å². The predicted molar refractivity (Wildman–Crippen MR) is 98.1 cm³/mol. The number of carbonyl (C=O) groups is 1. The number of nitrogens with one attached hydrogen (secondary N) is 2. The Hall–Kier alpha value is -3.36. The average Bonchev–Trinajstić information content (AvgIpc) is 3.15. The number of anilines is 1. The number of aromatic nitrogens is 3. The second-order valence-corrected chi connectivity index (χ2v) is 6.25. The smallest absolute Gasteiger partial charge is 0.331 e. The molecule has 3 rings (SSSR count). The monoisotopic (exact) mass is 389 g/mol. The zero-order chi connectivity index (χ0) is 20.3. The molecule has 146 valence electrons. The summed E-state index contributed by atoms with van der Waals surface area (Å²) in [5.74, 6) is 0. The van der Waals surface area contributed by atoms with E-state index < -0.39 is 17.8 Å². The maximum Gasteiger partial charge on any atom is 0.418 e. The lowest BCUT2D eigenvalue weighted by Crippen LogP contribution is -2.31. The third-order valence-electron chi connectivity index (χ3n) is 4.23. The van der Waals surface area contributed by atoms with Crippen molar-refractivity contribution >= 4 is 11.7 Å². The minimum atomic E-state index is -4.62. The van der Waals surface area contributed by atoms with Gasteiger partial charge in [-0.2, -0.15) is 18.3 Å².